The Bertz CT molecular complexity index is 433. The maximum absolute atomic E-state index is 11.8. The fraction of sp³-hybridized carbons (Fsp3) is 0.364. The van der Waals surface area contributed by atoms with Crippen molar-refractivity contribution < 1.29 is 23.1 Å². The number of aryl methyl sites for hydroxylation is 1. The van der Waals surface area contributed by atoms with Crippen molar-refractivity contribution in [3.05, 3.63) is 23.8 Å². The number of hydrogen-bond donors (Lipinski definition) is 3. The lowest BCUT2D eigenvalue weighted by Crippen LogP contribution is -2.35. The molecule has 7 heteroatoms. The molecular weight excluding hydrogens is 249 g/mol. The Balaban J connectivity index is 2.47. The molecule has 100 valence electrons. The lowest BCUT2D eigenvalue weighted by Gasteiger charge is -2.10. The van der Waals surface area contributed by atoms with Crippen molar-refractivity contribution in [1.29, 1.82) is 0 Å². The minimum Gasteiger partial charge on any atom is -0.506 e. The monoisotopic (exact) mass is 262 g/mol. The molecule has 0 aliphatic heterocycles. The summed E-state index contributed by atoms with van der Waals surface area (Å²) in [5.41, 5.74) is 0.986. The smallest absolute Gasteiger partial charge is 0.401 e. The average molecular weight is 262 g/mol. The van der Waals surface area contributed by atoms with Gasteiger partial charge in [0.1, 0.15) is 5.75 Å². The van der Waals surface area contributed by atoms with E-state index in [-0.39, 0.29) is 11.4 Å². The molecule has 0 atom stereocenters. The highest BCUT2D eigenvalue weighted by Gasteiger charge is 2.26. The molecule has 0 aliphatic carbocycles. The molecule has 0 unspecified atom stereocenters. The number of carbonyl (C=O) groups excluding carboxylic acids is 1. The number of phenolic OH excluding ortho intramolecular Hbond substituents is 1. The van der Waals surface area contributed by atoms with E-state index in [0.29, 0.717) is 0 Å². The van der Waals surface area contributed by atoms with Gasteiger partial charge in [0, 0.05) is 0 Å². The fourth-order valence-electron chi connectivity index (χ4n) is 1.26. The van der Waals surface area contributed by atoms with Gasteiger partial charge >= 0.3 is 6.18 Å². The SMILES string of the molecule is Cc1ccc(O)c(NC(=O)CNCC(F)(F)F)c1. The van der Waals surface area contributed by atoms with Crippen LogP contribution in [0.4, 0.5) is 18.9 Å². The second kappa shape index (κ2) is 5.72. The summed E-state index contributed by atoms with van der Waals surface area (Å²) in [6.45, 7) is 0.0457. The van der Waals surface area contributed by atoms with E-state index in [2.05, 4.69) is 5.32 Å². The first-order valence-corrected chi connectivity index (χ1v) is 5.15. The highest BCUT2D eigenvalue weighted by Crippen LogP contribution is 2.23. The zero-order chi connectivity index (χ0) is 13.8. The Hall–Kier alpha value is -1.76. The zero-order valence-electron chi connectivity index (χ0n) is 9.64. The molecular formula is C11H13F3N2O2. The quantitative estimate of drug-likeness (QED) is 0.725. The highest BCUT2D eigenvalue weighted by atomic mass is 19.4. The van der Waals surface area contributed by atoms with Gasteiger partial charge in [0.15, 0.2) is 0 Å². The summed E-state index contributed by atoms with van der Waals surface area (Å²) >= 11 is 0. The third kappa shape index (κ3) is 5.05. The first-order valence-electron chi connectivity index (χ1n) is 5.15. The van der Waals surface area contributed by atoms with Gasteiger partial charge in [-0.25, -0.2) is 0 Å². The first-order chi connectivity index (χ1) is 8.28. The molecule has 18 heavy (non-hydrogen) atoms. The molecule has 1 aromatic carbocycles. The molecule has 1 amide bonds. The van der Waals surface area contributed by atoms with Crippen molar-refractivity contribution in [2.75, 3.05) is 18.4 Å². The predicted molar refractivity (Wildman–Crippen MR) is 60.4 cm³/mol. The molecule has 0 aromatic heterocycles. The van der Waals surface area contributed by atoms with Crippen molar-refractivity contribution in [1.82, 2.24) is 5.32 Å². The summed E-state index contributed by atoms with van der Waals surface area (Å²) in [5, 5.41) is 13.7. The number of rotatable bonds is 4. The summed E-state index contributed by atoms with van der Waals surface area (Å²) in [6, 6.07) is 4.57. The molecule has 0 saturated carbocycles. The Labute approximate surface area is 102 Å². The maximum Gasteiger partial charge on any atom is 0.401 e. The number of carbonyl (C=O) groups is 1. The Kier molecular flexibility index (Phi) is 4.55. The number of anilines is 1. The van der Waals surface area contributed by atoms with Gasteiger partial charge in [0.25, 0.3) is 0 Å². The standard InChI is InChI=1S/C11H13F3N2O2/c1-7-2-3-9(17)8(4-7)16-10(18)5-15-6-11(12,13)14/h2-4,15,17H,5-6H2,1H3,(H,16,18). The number of hydrogen-bond acceptors (Lipinski definition) is 3. The molecule has 0 aliphatic rings. The topological polar surface area (TPSA) is 61.4 Å². The van der Waals surface area contributed by atoms with Gasteiger partial charge in [-0.2, -0.15) is 13.2 Å². The van der Waals surface area contributed by atoms with E-state index in [1.54, 1.807) is 13.0 Å². The molecule has 3 N–H and O–H groups in total. The number of benzene rings is 1. The summed E-state index contributed by atoms with van der Waals surface area (Å²) in [5.74, 6) is -0.787. The normalized spacial score (nSPS) is 11.3. The van der Waals surface area contributed by atoms with Crippen LogP contribution in [0.2, 0.25) is 0 Å². The minimum absolute atomic E-state index is 0.134. The molecule has 0 radical (unpaired) electrons. The molecule has 1 rings (SSSR count). The molecule has 0 heterocycles. The van der Waals surface area contributed by atoms with E-state index in [1.165, 1.54) is 12.1 Å². The molecule has 0 bridgehead atoms. The lowest BCUT2D eigenvalue weighted by atomic mass is 10.2. The van der Waals surface area contributed by atoms with Crippen LogP contribution in [0.1, 0.15) is 5.56 Å². The first kappa shape index (κ1) is 14.3. The maximum atomic E-state index is 11.8. The van der Waals surface area contributed by atoms with Crippen LogP contribution >= 0.6 is 0 Å². The van der Waals surface area contributed by atoms with E-state index < -0.39 is 25.2 Å². The fourth-order valence-corrected chi connectivity index (χ4v) is 1.26. The van der Waals surface area contributed by atoms with Crippen LogP contribution < -0.4 is 10.6 Å². The van der Waals surface area contributed by atoms with Gasteiger partial charge in [-0.3, -0.25) is 4.79 Å². The Morgan fingerprint density at radius 3 is 2.67 bits per heavy atom. The van der Waals surface area contributed by atoms with E-state index in [9.17, 15) is 23.1 Å². The van der Waals surface area contributed by atoms with Gasteiger partial charge in [-0.15, -0.1) is 0 Å². The molecule has 0 saturated heterocycles. The van der Waals surface area contributed by atoms with Crippen LogP contribution in [0.25, 0.3) is 0 Å². The number of halogens is 3. The van der Waals surface area contributed by atoms with Crippen LogP contribution in [0.15, 0.2) is 18.2 Å². The minimum atomic E-state index is -4.36. The summed E-state index contributed by atoms with van der Waals surface area (Å²) in [6.07, 6.45) is -4.36. The lowest BCUT2D eigenvalue weighted by molar-refractivity contribution is -0.126. The van der Waals surface area contributed by atoms with Crippen LogP contribution in [-0.2, 0) is 4.79 Å². The van der Waals surface area contributed by atoms with E-state index in [0.717, 1.165) is 5.56 Å². The summed E-state index contributed by atoms with van der Waals surface area (Å²) < 4.78 is 35.4. The molecule has 0 fully saturated rings. The van der Waals surface area contributed by atoms with Crippen LogP contribution in [-0.4, -0.2) is 30.3 Å². The second-order valence-electron chi connectivity index (χ2n) is 3.79. The van der Waals surface area contributed by atoms with Gasteiger partial charge in [-0.1, -0.05) is 6.07 Å². The van der Waals surface area contributed by atoms with Gasteiger partial charge < -0.3 is 15.7 Å². The van der Waals surface area contributed by atoms with Crippen molar-refractivity contribution in [2.24, 2.45) is 0 Å². The summed E-state index contributed by atoms with van der Waals surface area (Å²) in [4.78, 5) is 11.3. The van der Waals surface area contributed by atoms with E-state index in [1.807, 2.05) is 5.32 Å². The van der Waals surface area contributed by atoms with Crippen LogP contribution in [0.5, 0.6) is 5.75 Å². The third-order valence-corrected chi connectivity index (χ3v) is 2.04. The van der Waals surface area contributed by atoms with E-state index >= 15 is 0 Å². The van der Waals surface area contributed by atoms with Crippen molar-refractivity contribution in [3.8, 4) is 5.75 Å². The van der Waals surface area contributed by atoms with Crippen molar-refractivity contribution in [2.45, 2.75) is 13.1 Å². The highest BCUT2D eigenvalue weighted by molar-refractivity contribution is 5.93. The van der Waals surface area contributed by atoms with Crippen molar-refractivity contribution >= 4 is 11.6 Å². The number of aromatic hydroxyl groups is 1. The Morgan fingerprint density at radius 1 is 1.39 bits per heavy atom. The van der Waals surface area contributed by atoms with Crippen LogP contribution in [0.3, 0.4) is 0 Å². The molecule has 0 spiro atoms. The Morgan fingerprint density at radius 2 is 2.06 bits per heavy atom. The third-order valence-electron chi connectivity index (χ3n) is 2.04. The van der Waals surface area contributed by atoms with Crippen molar-refractivity contribution in [3.63, 3.8) is 0 Å². The molecule has 1 aromatic rings. The summed E-state index contributed by atoms with van der Waals surface area (Å²) in [7, 11) is 0. The van der Waals surface area contributed by atoms with E-state index in [4.69, 9.17) is 0 Å². The van der Waals surface area contributed by atoms with Gasteiger partial charge in [-0.05, 0) is 24.6 Å². The predicted octanol–water partition coefficient (Wildman–Crippen LogP) is 1.79. The van der Waals surface area contributed by atoms with Crippen LogP contribution in [0, 0.1) is 6.92 Å². The number of alkyl halides is 3. The van der Waals surface area contributed by atoms with Gasteiger partial charge in [0.2, 0.25) is 5.91 Å². The second-order valence-corrected chi connectivity index (χ2v) is 3.79. The zero-order valence-corrected chi connectivity index (χ0v) is 9.64. The largest absolute Gasteiger partial charge is 0.506 e. The number of amides is 1. The van der Waals surface area contributed by atoms with Gasteiger partial charge in [0.05, 0.1) is 18.8 Å². The average Bonchev–Trinajstić information content (AvgIpc) is 2.21. The molecule has 4 nitrogen and oxygen atoms in total. The number of nitrogens with one attached hydrogen (secondary N) is 2. The number of phenols is 1.